The van der Waals surface area contributed by atoms with Crippen molar-refractivity contribution in [1.82, 2.24) is 4.90 Å². The number of rotatable bonds is 4. The van der Waals surface area contributed by atoms with Gasteiger partial charge in [0, 0.05) is 10.5 Å². The van der Waals surface area contributed by atoms with E-state index in [1.54, 1.807) is 0 Å². The van der Waals surface area contributed by atoms with Crippen molar-refractivity contribution in [1.29, 1.82) is 0 Å². The number of piperazine rings is 1. The van der Waals surface area contributed by atoms with Gasteiger partial charge in [-0.15, -0.1) is 0 Å². The summed E-state index contributed by atoms with van der Waals surface area (Å²) in [6.07, 6.45) is 1.92. The lowest BCUT2D eigenvalue weighted by Gasteiger charge is -2.30. The largest absolute Gasteiger partial charge is 0.484 e. The number of pyridine rings is 1. The predicted molar refractivity (Wildman–Crippen MR) is 96.2 cm³/mol. The minimum Gasteiger partial charge on any atom is -0.484 e. The summed E-state index contributed by atoms with van der Waals surface area (Å²) in [5, 5.41) is 0. The third-order valence-electron chi connectivity index (χ3n) is 4.16. The summed E-state index contributed by atoms with van der Waals surface area (Å²) >= 11 is 3.46. The highest BCUT2D eigenvalue weighted by molar-refractivity contribution is 9.10. The number of halogens is 1. The quantitative estimate of drug-likeness (QED) is 0.804. The third-order valence-corrected chi connectivity index (χ3v) is 5.05. The summed E-state index contributed by atoms with van der Waals surface area (Å²) in [4.78, 5) is 19.7. The fraction of sp³-hybridized carbons (Fsp3) is 0.333. The Morgan fingerprint density at radius 3 is 2.67 bits per heavy atom. The van der Waals surface area contributed by atoms with Crippen LogP contribution in [0.1, 0.15) is 5.56 Å². The van der Waals surface area contributed by atoms with Gasteiger partial charge in [0.2, 0.25) is 0 Å². The van der Waals surface area contributed by atoms with Crippen LogP contribution < -0.4 is 14.6 Å². The van der Waals surface area contributed by atoms with Gasteiger partial charge in [-0.25, -0.2) is 4.98 Å². The van der Waals surface area contributed by atoms with Crippen LogP contribution in [-0.4, -0.2) is 43.6 Å². The lowest BCUT2D eigenvalue weighted by molar-refractivity contribution is -0.364. The van der Waals surface area contributed by atoms with Crippen LogP contribution in [0.15, 0.2) is 47.1 Å². The standard InChI is InChI=1S/C18H20BrN3O2/c1-14-12-15(5-6-16(14)19)24-13-18(23)22-10-8-21(9-11-22)17-4-2-3-7-20-17/h2-7,12H,8-11,13H2,1H3/p+1. The van der Waals surface area contributed by atoms with Crippen LogP contribution in [0, 0.1) is 6.92 Å². The van der Waals surface area contributed by atoms with Crippen molar-refractivity contribution in [3.8, 4) is 5.75 Å². The van der Waals surface area contributed by atoms with Crippen LogP contribution in [0.25, 0.3) is 0 Å². The molecule has 0 bridgehead atoms. The number of nitrogens with zero attached hydrogens (tertiary/aromatic N) is 2. The number of carbonyl (C=O) groups excluding carboxylic acids is 1. The molecular weight excluding hydrogens is 370 g/mol. The Bertz CT molecular complexity index is 701. The lowest BCUT2D eigenvalue weighted by atomic mass is 10.2. The number of H-pyrrole nitrogens is 1. The molecule has 0 spiro atoms. The molecule has 0 radical (unpaired) electrons. The van der Waals surface area contributed by atoms with Crippen LogP contribution in [-0.2, 0) is 4.79 Å². The first-order valence-corrected chi connectivity index (χ1v) is 8.81. The van der Waals surface area contributed by atoms with E-state index in [2.05, 4.69) is 31.9 Å². The molecule has 1 saturated heterocycles. The van der Waals surface area contributed by atoms with Gasteiger partial charge >= 0.3 is 0 Å². The second-order valence-corrected chi connectivity index (χ2v) is 6.67. The van der Waals surface area contributed by atoms with Crippen LogP contribution in [0.2, 0.25) is 0 Å². The van der Waals surface area contributed by atoms with Gasteiger partial charge in [-0.05, 0) is 36.8 Å². The summed E-state index contributed by atoms with van der Waals surface area (Å²) in [6, 6.07) is 11.8. The molecule has 24 heavy (non-hydrogen) atoms. The van der Waals surface area contributed by atoms with Gasteiger partial charge in [0.25, 0.3) is 11.7 Å². The molecule has 126 valence electrons. The lowest BCUT2D eigenvalue weighted by Crippen LogP contribution is -2.51. The topological polar surface area (TPSA) is 46.9 Å². The number of carbonyl (C=O) groups is 1. The molecule has 1 amide bonds. The molecule has 0 aliphatic carbocycles. The average Bonchev–Trinajstić information content (AvgIpc) is 2.63. The smallest absolute Gasteiger partial charge is 0.274 e. The van der Waals surface area contributed by atoms with E-state index in [-0.39, 0.29) is 12.5 Å². The first-order valence-electron chi connectivity index (χ1n) is 8.02. The number of anilines is 1. The number of amides is 1. The second-order valence-electron chi connectivity index (χ2n) is 5.82. The molecule has 2 heterocycles. The van der Waals surface area contributed by atoms with Gasteiger partial charge in [-0.2, -0.15) is 0 Å². The summed E-state index contributed by atoms with van der Waals surface area (Å²) < 4.78 is 6.67. The number of aromatic nitrogens is 1. The van der Waals surface area contributed by atoms with Gasteiger partial charge in [0.1, 0.15) is 18.8 Å². The van der Waals surface area contributed by atoms with E-state index < -0.39 is 0 Å². The van der Waals surface area contributed by atoms with Crippen LogP contribution in [0.5, 0.6) is 5.75 Å². The molecule has 1 aliphatic rings. The highest BCUT2D eigenvalue weighted by atomic mass is 79.9. The highest BCUT2D eigenvalue weighted by Crippen LogP contribution is 2.21. The Labute approximate surface area is 150 Å². The fourth-order valence-electron chi connectivity index (χ4n) is 2.72. The SMILES string of the molecule is Cc1cc(OCC(=O)N2CCN(c3cccc[nH+]3)CC2)ccc1Br. The Balaban J connectivity index is 1.49. The van der Waals surface area contributed by atoms with E-state index in [1.807, 2.05) is 48.4 Å². The van der Waals surface area contributed by atoms with E-state index in [1.165, 1.54) is 0 Å². The molecule has 1 aliphatic heterocycles. The Kier molecular flexibility index (Phi) is 5.35. The molecule has 1 aromatic heterocycles. The first kappa shape index (κ1) is 16.8. The maximum Gasteiger partial charge on any atom is 0.274 e. The summed E-state index contributed by atoms with van der Waals surface area (Å²) in [6.45, 7) is 5.15. The van der Waals surface area contributed by atoms with Crippen molar-refractivity contribution < 1.29 is 14.5 Å². The van der Waals surface area contributed by atoms with Crippen LogP contribution in [0.3, 0.4) is 0 Å². The predicted octanol–water partition coefficient (Wildman–Crippen LogP) is 2.30. The zero-order valence-corrected chi connectivity index (χ0v) is 15.3. The number of aryl methyl sites for hydroxylation is 1. The van der Waals surface area contributed by atoms with Crippen molar-refractivity contribution >= 4 is 27.7 Å². The Hall–Kier alpha value is -2.08. The van der Waals surface area contributed by atoms with Crippen molar-refractivity contribution in [2.45, 2.75) is 6.92 Å². The minimum absolute atomic E-state index is 0.0345. The number of hydrogen-bond donors (Lipinski definition) is 0. The first-order chi connectivity index (χ1) is 11.6. The van der Waals surface area contributed by atoms with Crippen LogP contribution >= 0.6 is 15.9 Å². The molecule has 1 aromatic carbocycles. The molecule has 1 N–H and O–H groups in total. The van der Waals surface area contributed by atoms with Gasteiger partial charge < -0.3 is 9.64 Å². The summed E-state index contributed by atoms with van der Waals surface area (Å²) in [5.41, 5.74) is 1.09. The zero-order valence-electron chi connectivity index (χ0n) is 13.7. The van der Waals surface area contributed by atoms with Crippen molar-refractivity contribution in [3.05, 3.63) is 52.6 Å². The molecule has 6 heteroatoms. The number of ether oxygens (including phenoxy) is 1. The molecule has 0 atom stereocenters. The summed E-state index contributed by atoms with van der Waals surface area (Å²) in [5.74, 6) is 1.85. The molecule has 0 unspecified atom stereocenters. The Morgan fingerprint density at radius 1 is 1.21 bits per heavy atom. The van der Waals surface area contributed by atoms with E-state index in [4.69, 9.17) is 4.74 Å². The number of hydrogen-bond acceptors (Lipinski definition) is 3. The second kappa shape index (κ2) is 7.66. The van der Waals surface area contributed by atoms with Crippen molar-refractivity contribution in [3.63, 3.8) is 0 Å². The monoisotopic (exact) mass is 390 g/mol. The number of benzene rings is 1. The molecule has 0 saturated carbocycles. The molecule has 2 aromatic rings. The number of aromatic amines is 1. The van der Waals surface area contributed by atoms with E-state index >= 15 is 0 Å². The normalized spacial score (nSPS) is 14.6. The third kappa shape index (κ3) is 4.06. The van der Waals surface area contributed by atoms with Gasteiger partial charge in [-0.3, -0.25) is 9.69 Å². The maximum atomic E-state index is 12.3. The van der Waals surface area contributed by atoms with Crippen LogP contribution in [0.4, 0.5) is 5.82 Å². The molecular formula is C18H21BrN3O2+. The number of nitrogens with one attached hydrogen (secondary N) is 1. The van der Waals surface area contributed by atoms with Crippen molar-refractivity contribution in [2.75, 3.05) is 37.7 Å². The molecule has 1 fully saturated rings. The fourth-order valence-corrected chi connectivity index (χ4v) is 2.97. The Morgan fingerprint density at radius 2 is 2.00 bits per heavy atom. The molecule has 5 nitrogen and oxygen atoms in total. The van der Waals surface area contributed by atoms with Gasteiger partial charge in [0.05, 0.1) is 19.3 Å². The zero-order chi connectivity index (χ0) is 16.9. The van der Waals surface area contributed by atoms with E-state index in [0.717, 1.165) is 34.7 Å². The average molecular weight is 391 g/mol. The highest BCUT2D eigenvalue weighted by Gasteiger charge is 2.26. The van der Waals surface area contributed by atoms with E-state index in [0.29, 0.717) is 13.1 Å². The summed E-state index contributed by atoms with van der Waals surface area (Å²) in [7, 11) is 0. The minimum atomic E-state index is 0.0345. The van der Waals surface area contributed by atoms with Gasteiger partial charge in [-0.1, -0.05) is 22.0 Å². The van der Waals surface area contributed by atoms with Gasteiger partial charge in [0.15, 0.2) is 6.61 Å². The van der Waals surface area contributed by atoms with E-state index in [9.17, 15) is 4.79 Å². The maximum absolute atomic E-state index is 12.3. The molecule has 3 rings (SSSR count). The van der Waals surface area contributed by atoms with Crippen molar-refractivity contribution in [2.24, 2.45) is 0 Å².